The van der Waals surface area contributed by atoms with E-state index in [9.17, 15) is 14.7 Å². The summed E-state index contributed by atoms with van der Waals surface area (Å²) in [5.41, 5.74) is 1.64. The Labute approximate surface area is 151 Å². The number of ether oxygens (including phenoxy) is 1. The van der Waals surface area contributed by atoms with Gasteiger partial charge in [0, 0.05) is 28.5 Å². The number of pyridine rings is 1. The van der Waals surface area contributed by atoms with Crippen molar-refractivity contribution >= 4 is 39.2 Å². The average molecular weight is 373 g/mol. The lowest BCUT2D eigenvalue weighted by molar-refractivity contribution is -0.140. The summed E-state index contributed by atoms with van der Waals surface area (Å²) in [6.07, 6.45) is 0.578. The van der Waals surface area contributed by atoms with Crippen LogP contribution >= 0.6 is 23.1 Å². The molecule has 0 fully saturated rings. The molecule has 1 N–H and O–H groups in total. The second kappa shape index (κ2) is 6.24. The van der Waals surface area contributed by atoms with Crippen molar-refractivity contribution in [3.05, 3.63) is 57.2 Å². The number of nitrogens with zero attached hydrogens (tertiary/aromatic N) is 1. The van der Waals surface area contributed by atoms with Gasteiger partial charge in [0.25, 0.3) is 5.56 Å². The molecule has 25 heavy (non-hydrogen) atoms. The van der Waals surface area contributed by atoms with Crippen molar-refractivity contribution in [2.45, 2.75) is 17.5 Å². The van der Waals surface area contributed by atoms with Gasteiger partial charge < -0.3 is 9.84 Å². The van der Waals surface area contributed by atoms with E-state index in [-0.39, 0.29) is 5.56 Å². The molecule has 1 aromatic carbocycles. The number of aliphatic carboxylic acids is 1. The summed E-state index contributed by atoms with van der Waals surface area (Å²) in [5, 5.41) is 13.2. The lowest BCUT2D eigenvalue weighted by atomic mass is 10.0. The number of rotatable bonds is 4. The van der Waals surface area contributed by atoms with Gasteiger partial charge in [-0.2, -0.15) is 0 Å². The smallest absolute Gasteiger partial charge is 0.327 e. The maximum Gasteiger partial charge on any atom is 0.327 e. The molecule has 3 aromatic rings. The molecule has 2 aromatic heterocycles. The molecular weight excluding hydrogens is 358 g/mol. The topological polar surface area (TPSA) is 68.5 Å². The number of carbonyl (C=O) groups is 1. The first-order valence-electron chi connectivity index (χ1n) is 7.73. The SMILES string of the molecule is COc1c(Cc2csc3ccccc23)cc(=O)n2c1SC[C@H]2C(=O)O. The van der Waals surface area contributed by atoms with Gasteiger partial charge in [-0.05, 0) is 22.4 Å². The number of fused-ring (bicyclic) bond motifs is 2. The zero-order valence-corrected chi connectivity index (χ0v) is 15.0. The van der Waals surface area contributed by atoms with Crippen LogP contribution < -0.4 is 10.3 Å². The van der Waals surface area contributed by atoms with Gasteiger partial charge in [0.15, 0.2) is 5.75 Å². The molecule has 0 saturated carbocycles. The first-order valence-corrected chi connectivity index (χ1v) is 9.59. The molecule has 0 bridgehead atoms. The molecule has 0 unspecified atom stereocenters. The third-order valence-corrected chi connectivity index (χ3v) is 6.51. The summed E-state index contributed by atoms with van der Waals surface area (Å²) in [6, 6.07) is 8.83. The van der Waals surface area contributed by atoms with Crippen LogP contribution in [0.15, 0.2) is 45.5 Å². The van der Waals surface area contributed by atoms with Crippen LogP contribution in [-0.2, 0) is 11.2 Å². The molecule has 1 atom stereocenters. The van der Waals surface area contributed by atoms with Gasteiger partial charge in [0.05, 0.1) is 7.11 Å². The predicted molar refractivity (Wildman–Crippen MR) is 99.3 cm³/mol. The minimum absolute atomic E-state index is 0.289. The normalized spacial score (nSPS) is 16.1. The van der Waals surface area contributed by atoms with Crippen LogP contribution in [0.3, 0.4) is 0 Å². The van der Waals surface area contributed by atoms with E-state index in [4.69, 9.17) is 4.74 Å². The first kappa shape index (κ1) is 16.2. The number of hydrogen-bond donors (Lipinski definition) is 1. The number of carboxylic acid groups (broad SMARTS) is 1. The van der Waals surface area contributed by atoms with Gasteiger partial charge in [0.1, 0.15) is 11.1 Å². The van der Waals surface area contributed by atoms with Crippen molar-refractivity contribution in [2.24, 2.45) is 0 Å². The zero-order chi connectivity index (χ0) is 17.6. The number of aromatic nitrogens is 1. The van der Waals surface area contributed by atoms with Crippen LogP contribution in [0, 0.1) is 0 Å². The lowest BCUT2D eigenvalue weighted by Crippen LogP contribution is -2.29. The van der Waals surface area contributed by atoms with E-state index in [1.807, 2.05) is 12.1 Å². The van der Waals surface area contributed by atoms with Gasteiger partial charge in [-0.25, -0.2) is 4.79 Å². The van der Waals surface area contributed by atoms with Gasteiger partial charge in [-0.1, -0.05) is 18.2 Å². The molecular formula is C18H15NO4S2. The summed E-state index contributed by atoms with van der Waals surface area (Å²) in [7, 11) is 1.56. The number of hydrogen-bond acceptors (Lipinski definition) is 5. The van der Waals surface area contributed by atoms with Crippen molar-refractivity contribution in [3.8, 4) is 5.75 Å². The highest BCUT2D eigenvalue weighted by Gasteiger charge is 2.33. The number of thiophene rings is 1. The number of benzene rings is 1. The van der Waals surface area contributed by atoms with Crippen molar-refractivity contribution < 1.29 is 14.6 Å². The molecule has 0 spiro atoms. The number of thioether (sulfide) groups is 1. The molecule has 0 saturated heterocycles. The third kappa shape index (κ3) is 2.63. The highest BCUT2D eigenvalue weighted by atomic mass is 32.2. The van der Waals surface area contributed by atoms with Crippen molar-refractivity contribution in [1.82, 2.24) is 4.57 Å². The Balaban J connectivity index is 1.82. The Bertz CT molecular complexity index is 1040. The molecule has 0 aliphatic carbocycles. The molecule has 1 aliphatic rings. The van der Waals surface area contributed by atoms with Crippen molar-refractivity contribution in [1.29, 1.82) is 0 Å². The van der Waals surface area contributed by atoms with E-state index in [0.717, 1.165) is 11.1 Å². The summed E-state index contributed by atoms with van der Waals surface area (Å²) in [4.78, 5) is 23.9. The summed E-state index contributed by atoms with van der Waals surface area (Å²) < 4.78 is 8.10. The fourth-order valence-electron chi connectivity index (χ4n) is 3.20. The first-order chi connectivity index (χ1) is 12.1. The minimum Gasteiger partial charge on any atom is -0.494 e. The van der Waals surface area contributed by atoms with Gasteiger partial charge in [-0.3, -0.25) is 9.36 Å². The van der Waals surface area contributed by atoms with E-state index in [1.165, 1.54) is 32.5 Å². The highest BCUT2D eigenvalue weighted by Crippen LogP contribution is 2.41. The van der Waals surface area contributed by atoms with E-state index < -0.39 is 12.0 Å². The van der Waals surface area contributed by atoms with E-state index in [2.05, 4.69) is 17.5 Å². The Morgan fingerprint density at radius 3 is 2.92 bits per heavy atom. The highest BCUT2D eigenvalue weighted by molar-refractivity contribution is 7.99. The van der Waals surface area contributed by atoms with Crippen molar-refractivity contribution in [2.75, 3.05) is 12.9 Å². The zero-order valence-electron chi connectivity index (χ0n) is 13.4. The fraction of sp³-hybridized carbons (Fsp3) is 0.222. The number of methoxy groups -OCH3 is 1. The van der Waals surface area contributed by atoms with Crippen LogP contribution in [0.4, 0.5) is 0 Å². The molecule has 128 valence electrons. The monoisotopic (exact) mass is 373 g/mol. The van der Waals surface area contributed by atoms with Gasteiger partial charge in [-0.15, -0.1) is 23.1 Å². The molecule has 4 rings (SSSR count). The van der Waals surface area contributed by atoms with E-state index in [1.54, 1.807) is 18.4 Å². The lowest BCUT2D eigenvalue weighted by Gasteiger charge is -2.15. The third-order valence-electron chi connectivity index (χ3n) is 4.36. The van der Waals surface area contributed by atoms with Crippen LogP contribution in [0.1, 0.15) is 17.2 Å². The largest absolute Gasteiger partial charge is 0.494 e. The predicted octanol–water partition coefficient (Wildman–Crippen LogP) is 3.39. The molecule has 1 aliphatic heterocycles. The molecule has 5 nitrogen and oxygen atoms in total. The standard InChI is InChI=1S/C18H15NO4S2/c1-23-16-10(6-11-8-24-14-5-3-2-4-12(11)14)7-15(20)19-13(18(21)22)9-25-17(16)19/h2-5,7-8,13H,6,9H2,1H3,(H,21,22)/t13-/m0/s1. The maximum atomic E-state index is 12.5. The van der Waals surface area contributed by atoms with Gasteiger partial charge >= 0.3 is 5.97 Å². The fourth-order valence-corrected chi connectivity index (χ4v) is 5.47. The summed E-state index contributed by atoms with van der Waals surface area (Å²) in [5.74, 6) is -0.0539. The summed E-state index contributed by atoms with van der Waals surface area (Å²) in [6.45, 7) is 0. The Kier molecular flexibility index (Phi) is 4.05. The molecule has 0 radical (unpaired) electrons. The minimum atomic E-state index is -0.994. The number of carboxylic acids is 1. The van der Waals surface area contributed by atoms with Gasteiger partial charge in [0.2, 0.25) is 0 Å². The van der Waals surface area contributed by atoms with Crippen LogP contribution in [0.5, 0.6) is 5.75 Å². The Morgan fingerprint density at radius 2 is 2.16 bits per heavy atom. The Morgan fingerprint density at radius 1 is 1.36 bits per heavy atom. The molecule has 3 heterocycles. The quantitative estimate of drug-likeness (QED) is 0.759. The van der Waals surface area contributed by atoms with E-state index >= 15 is 0 Å². The Hall–Kier alpha value is -2.25. The second-order valence-electron chi connectivity index (χ2n) is 5.82. The maximum absolute atomic E-state index is 12.5. The molecule has 7 heteroatoms. The second-order valence-corrected chi connectivity index (χ2v) is 7.74. The molecule has 0 amide bonds. The summed E-state index contributed by atoms with van der Waals surface area (Å²) >= 11 is 3.03. The van der Waals surface area contributed by atoms with Crippen LogP contribution in [0.25, 0.3) is 10.1 Å². The average Bonchev–Trinajstić information content (AvgIpc) is 3.21. The van der Waals surface area contributed by atoms with Crippen molar-refractivity contribution in [3.63, 3.8) is 0 Å². The van der Waals surface area contributed by atoms with E-state index in [0.29, 0.717) is 22.9 Å². The van der Waals surface area contributed by atoms with Crippen LogP contribution in [0.2, 0.25) is 0 Å². The van der Waals surface area contributed by atoms with Crippen LogP contribution in [-0.4, -0.2) is 28.5 Å².